The first-order valence-electron chi connectivity index (χ1n) is 8.85. The van der Waals surface area contributed by atoms with E-state index in [2.05, 4.69) is 5.32 Å². The van der Waals surface area contributed by atoms with E-state index in [0.717, 1.165) is 5.56 Å². The van der Waals surface area contributed by atoms with E-state index < -0.39 is 5.97 Å². The van der Waals surface area contributed by atoms with Crippen LogP contribution in [0.25, 0.3) is 0 Å². The molecule has 2 aromatic rings. The van der Waals surface area contributed by atoms with E-state index in [1.807, 2.05) is 30.3 Å². The van der Waals surface area contributed by atoms with Crippen molar-refractivity contribution in [2.24, 2.45) is 0 Å². The molecule has 0 aliphatic carbocycles. The molecule has 2 rings (SSSR count). The first-order valence-corrected chi connectivity index (χ1v) is 8.85. The van der Waals surface area contributed by atoms with E-state index in [1.165, 1.54) is 0 Å². The number of amides is 2. The zero-order valence-corrected chi connectivity index (χ0v) is 15.6. The molecule has 0 saturated carbocycles. The van der Waals surface area contributed by atoms with Crippen molar-refractivity contribution < 1.29 is 19.1 Å². The monoisotopic (exact) mass is 368 g/mol. The van der Waals surface area contributed by atoms with E-state index in [9.17, 15) is 14.4 Å². The maximum Gasteiger partial charge on any atom is 0.306 e. The molecule has 0 spiro atoms. The second-order valence-electron chi connectivity index (χ2n) is 6.05. The molecule has 0 aliphatic heterocycles. The Balaban J connectivity index is 2.02. The molecule has 6 heteroatoms. The van der Waals surface area contributed by atoms with E-state index in [1.54, 1.807) is 43.1 Å². The molecular weight excluding hydrogens is 344 g/mol. The molecule has 27 heavy (non-hydrogen) atoms. The molecule has 0 fully saturated rings. The fourth-order valence-corrected chi connectivity index (χ4v) is 2.57. The minimum absolute atomic E-state index is 0.00120. The topological polar surface area (TPSA) is 75.7 Å². The average Bonchev–Trinajstić information content (AvgIpc) is 2.67. The Kier molecular flexibility index (Phi) is 7.55. The summed E-state index contributed by atoms with van der Waals surface area (Å²) in [6.07, 6.45) is 0.00487. The molecule has 6 nitrogen and oxygen atoms in total. The van der Waals surface area contributed by atoms with Crippen molar-refractivity contribution in [2.45, 2.75) is 26.3 Å². The second-order valence-corrected chi connectivity index (χ2v) is 6.05. The van der Waals surface area contributed by atoms with Crippen molar-refractivity contribution >= 4 is 23.5 Å². The number of carbonyl (C=O) groups is 3. The number of nitrogens with zero attached hydrogens (tertiary/aromatic N) is 1. The molecule has 0 saturated heterocycles. The van der Waals surface area contributed by atoms with Crippen LogP contribution in [-0.4, -0.2) is 36.3 Å². The van der Waals surface area contributed by atoms with Crippen molar-refractivity contribution in [3.05, 3.63) is 65.7 Å². The van der Waals surface area contributed by atoms with Gasteiger partial charge in [0, 0.05) is 20.0 Å². The van der Waals surface area contributed by atoms with Crippen LogP contribution in [0.2, 0.25) is 0 Å². The largest absolute Gasteiger partial charge is 0.466 e. The second kappa shape index (κ2) is 10.1. The van der Waals surface area contributed by atoms with Crippen molar-refractivity contribution in [2.75, 3.05) is 19.0 Å². The molecule has 0 heterocycles. The van der Waals surface area contributed by atoms with E-state index in [0.29, 0.717) is 17.8 Å². The Hall–Kier alpha value is -3.15. The van der Waals surface area contributed by atoms with Crippen LogP contribution in [0.1, 0.15) is 35.7 Å². The van der Waals surface area contributed by atoms with Crippen molar-refractivity contribution in [1.82, 2.24) is 4.90 Å². The van der Waals surface area contributed by atoms with Crippen molar-refractivity contribution in [3.63, 3.8) is 0 Å². The van der Waals surface area contributed by atoms with Crippen molar-refractivity contribution in [3.8, 4) is 0 Å². The lowest BCUT2D eigenvalue weighted by atomic mass is 10.1. The van der Waals surface area contributed by atoms with Crippen molar-refractivity contribution in [1.29, 1.82) is 0 Å². The minimum Gasteiger partial charge on any atom is -0.466 e. The van der Waals surface area contributed by atoms with Crippen LogP contribution in [0.4, 0.5) is 5.69 Å². The molecular formula is C21H24N2O4. The summed E-state index contributed by atoms with van der Waals surface area (Å²) < 4.78 is 4.81. The summed E-state index contributed by atoms with van der Waals surface area (Å²) >= 11 is 0. The summed E-state index contributed by atoms with van der Waals surface area (Å²) in [6.45, 7) is 2.46. The smallest absolute Gasteiger partial charge is 0.306 e. The molecule has 0 aliphatic rings. The zero-order chi connectivity index (χ0) is 19.6. The van der Waals surface area contributed by atoms with Crippen LogP contribution >= 0.6 is 0 Å². The number of benzene rings is 2. The first-order chi connectivity index (χ1) is 13.0. The quantitative estimate of drug-likeness (QED) is 0.726. The summed E-state index contributed by atoms with van der Waals surface area (Å²) in [5, 5.41) is 2.71. The fourth-order valence-electron chi connectivity index (χ4n) is 2.57. The number of esters is 1. The number of hydrogen-bond acceptors (Lipinski definition) is 4. The Labute approximate surface area is 159 Å². The van der Waals surface area contributed by atoms with Gasteiger partial charge in [0.15, 0.2) is 0 Å². The number of anilines is 1. The maximum atomic E-state index is 12.8. The summed E-state index contributed by atoms with van der Waals surface area (Å²) in [5.74, 6) is -0.950. The highest BCUT2D eigenvalue weighted by molar-refractivity contribution is 6.03. The number of rotatable bonds is 8. The Morgan fingerprint density at radius 1 is 0.963 bits per heavy atom. The molecule has 2 aromatic carbocycles. The molecule has 1 N–H and O–H groups in total. The van der Waals surface area contributed by atoms with Gasteiger partial charge in [0.2, 0.25) is 5.91 Å². The highest BCUT2D eigenvalue weighted by atomic mass is 16.5. The SMILES string of the molecule is CCOC(=O)CCC(=O)Nc1ccccc1C(=O)N(C)Cc1ccccc1. The maximum absolute atomic E-state index is 12.8. The number of hydrogen-bond donors (Lipinski definition) is 1. The predicted octanol–water partition coefficient (Wildman–Crippen LogP) is 3.24. The van der Waals surface area contributed by atoms with Gasteiger partial charge in [0.25, 0.3) is 5.91 Å². The van der Waals surface area contributed by atoms with Crippen LogP contribution in [0.5, 0.6) is 0 Å². The Bertz CT molecular complexity index is 790. The van der Waals surface area contributed by atoms with Gasteiger partial charge >= 0.3 is 5.97 Å². The number of para-hydroxylation sites is 1. The molecule has 0 bridgehead atoms. The highest BCUT2D eigenvalue weighted by Crippen LogP contribution is 2.18. The summed E-state index contributed by atoms with van der Waals surface area (Å²) in [6, 6.07) is 16.5. The van der Waals surface area contributed by atoms with E-state index >= 15 is 0 Å². The van der Waals surface area contributed by atoms with Gasteiger partial charge in [-0.25, -0.2) is 0 Å². The lowest BCUT2D eigenvalue weighted by molar-refractivity contribution is -0.144. The molecule has 0 radical (unpaired) electrons. The van der Waals surface area contributed by atoms with Gasteiger partial charge in [-0.1, -0.05) is 42.5 Å². The van der Waals surface area contributed by atoms with Gasteiger partial charge in [0.1, 0.15) is 0 Å². The van der Waals surface area contributed by atoms with Crippen LogP contribution in [0, 0.1) is 0 Å². The van der Waals surface area contributed by atoms with Gasteiger partial charge in [-0.3, -0.25) is 14.4 Å². The molecule has 0 atom stereocenters. The van der Waals surface area contributed by atoms with Gasteiger partial charge in [-0.2, -0.15) is 0 Å². The Morgan fingerprint density at radius 3 is 2.33 bits per heavy atom. The third-order valence-corrected chi connectivity index (χ3v) is 3.90. The van der Waals surface area contributed by atoms with Crippen LogP contribution in [0.3, 0.4) is 0 Å². The number of nitrogens with one attached hydrogen (secondary N) is 1. The van der Waals surface area contributed by atoms with Gasteiger partial charge in [-0.05, 0) is 24.6 Å². The van der Waals surface area contributed by atoms with Crippen LogP contribution in [-0.2, 0) is 20.9 Å². The number of ether oxygens (including phenoxy) is 1. The average molecular weight is 368 g/mol. The van der Waals surface area contributed by atoms with Crippen LogP contribution < -0.4 is 5.32 Å². The van der Waals surface area contributed by atoms with E-state index in [4.69, 9.17) is 4.74 Å². The summed E-state index contributed by atoms with van der Waals surface area (Å²) in [7, 11) is 1.72. The Morgan fingerprint density at radius 2 is 1.63 bits per heavy atom. The highest BCUT2D eigenvalue weighted by Gasteiger charge is 2.17. The fraction of sp³-hybridized carbons (Fsp3) is 0.286. The molecule has 142 valence electrons. The van der Waals surface area contributed by atoms with E-state index in [-0.39, 0.29) is 31.3 Å². The third-order valence-electron chi connectivity index (χ3n) is 3.90. The third kappa shape index (κ3) is 6.26. The number of carbonyl (C=O) groups excluding carboxylic acids is 3. The van der Waals surface area contributed by atoms with Crippen LogP contribution in [0.15, 0.2) is 54.6 Å². The normalized spacial score (nSPS) is 10.1. The summed E-state index contributed by atoms with van der Waals surface area (Å²) in [5.41, 5.74) is 1.85. The zero-order valence-electron chi connectivity index (χ0n) is 15.6. The predicted molar refractivity (Wildman–Crippen MR) is 103 cm³/mol. The summed E-state index contributed by atoms with van der Waals surface area (Å²) in [4.78, 5) is 37.9. The minimum atomic E-state index is -0.417. The lowest BCUT2D eigenvalue weighted by Gasteiger charge is -2.19. The molecule has 0 aromatic heterocycles. The van der Waals surface area contributed by atoms with Gasteiger partial charge < -0.3 is 15.0 Å². The molecule has 0 unspecified atom stereocenters. The first kappa shape index (κ1) is 20.2. The van der Waals surface area contributed by atoms with Gasteiger partial charge in [-0.15, -0.1) is 0 Å². The lowest BCUT2D eigenvalue weighted by Crippen LogP contribution is -2.27. The van der Waals surface area contributed by atoms with Gasteiger partial charge in [0.05, 0.1) is 24.3 Å². The molecule has 2 amide bonds. The standard InChI is InChI=1S/C21H24N2O4/c1-3-27-20(25)14-13-19(24)22-18-12-8-7-11-17(18)21(26)23(2)15-16-9-5-4-6-10-16/h4-12H,3,13-15H2,1-2H3,(H,22,24).